The molecule has 1 N–H and O–H groups in total. The van der Waals surface area contributed by atoms with E-state index in [2.05, 4.69) is 5.32 Å². The number of halogens is 3. The first-order valence-corrected chi connectivity index (χ1v) is 6.89. The van der Waals surface area contributed by atoms with E-state index in [0.717, 1.165) is 11.1 Å². The van der Waals surface area contributed by atoms with Gasteiger partial charge in [-0.05, 0) is 38.1 Å². The van der Waals surface area contributed by atoms with Crippen LogP contribution in [0.1, 0.15) is 30.5 Å². The molecule has 0 saturated carbocycles. The second-order valence-corrected chi connectivity index (χ2v) is 5.05. The fourth-order valence-electron chi connectivity index (χ4n) is 2.39. The Morgan fingerprint density at radius 2 is 1.90 bits per heavy atom. The molecule has 0 aliphatic carbocycles. The van der Waals surface area contributed by atoms with Crippen molar-refractivity contribution in [1.29, 1.82) is 0 Å². The van der Waals surface area contributed by atoms with Crippen molar-refractivity contribution >= 4 is 0 Å². The van der Waals surface area contributed by atoms with E-state index >= 15 is 0 Å². The fraction of sp³-hybridized carbons (Fsp3) is 0.600. The van der Waals surface area contributed by atoms with E-state index in [-0.39, 0.29) is 6.04 Å². The summed E-state index contributed by atoms with van der Waals surface area (Å²) in [6.45, 7) is 3.82. The molecule has 0 aliphatic heterocycles. The Hall–Kier alpha value is -1.07. The van der Waals surface area contributed by atoms with Crippen LogP contribution in [-0.2, 0) is 0 Å². The van der Waals surface area contributed by atoms with Crippen molar-refractivity contribution in [2.45, 2.75) is 32.5 Å². The molecule has 20 heavy (non-hydrogen) atoms. The molecule has 0 amide bonds. The molecule has 1 unspecified atom stereocenters. The van der Waals surface area contributed by atoms with Gasteiger partial charge in [-0.25, -0.2) is 0 Å². The molecule has 0 aliphatic rings. The average Bonchev–Trinajstić information content (AvgIpc) is 2.35. The number of nitrogens with zero attached hydrogens (tertiary/aromatic N) is 1. The molecule has 0 aromatic heterocycles. The molecule has 1 atom stereocenters. The summed E-state index contributed by atoms with van der Waals surface area (Å²) >= 11 is 0. The summed E-state index contributed by atoms with van der Waals surface area (Å²) in [7, 11) is 1.79. The Kier molecular flexibility index (Phi) is 6.49. The van der Waals surface area contributed by atoms with Crippen LogP contribution >= 0.6 is 0 Å². The van der Waals surface area contributed by atoms with Gasteiger partial charge in [0.15, 0.2) is 0 Å². The van der Waals surface area contributed by atoms with Crippen LogP contribution in [0.3, 0.4) is 0 Å². The lowest BCUT2D eigenvalue weighted by molar-refractivity contribution is -0.146. The Bertz CT molecular complexity index is 404. The maximum atomic E-state index is 12.6. The summed E-state index contributed by atoms with van der Waals surface area (Å²) in [5.74, 6) is 0. The predicted molar refractivity (Wildman–Crippen MR) is 75.8 cm³/mol. The minimum Gasteiger partial charge on any atom is -0.312 e. The standard InChI is InChI=1S/C15H23F3N2/c1-4-9-20(11-15(16,17)18)10-14(19-3)13-8-6-5-7-12(13)2/h5-8,14,19H,4,9-11H2,1-3H3. The van der Waals surface area contributed by atoms with E-state index in [1.54, 1.807) is 7.05 Å². The third kappa shape index (κ3) is 5.51. The zero-order valence-corrected chi connectivity index (χ0v) is 12.3. The molecule has 1 rings (SSSR count). The molecular weight excluding hydrogens is 265 g/mol. The van der Waals surface area contributed by atoms with Crippen LogP contribution in [0.15, 0.2) is 24.3 Å². The molecule has 1 aromatic rings. The Labute approximate surface area is 119 Å². The van der Waals surface area contributed by atoms with Gasteiger partial charge in [0.1, 0.15) is 0 Å². The summed E-state index contributed by atoms with van der Waals surface area (Å²) in [4.78, 5) is 1.47. The van der Waals surface area contributed by atoms with Gasteiger partial charge in [-0.3, -0.25) is 4.90 Å². The molecule has 5 heteroatoms. The number of nitrogens with one attached hydrogen (secondary N) is 1. The lowest BCUT2D eigenvalue weighted by atomic mass is 10.0. The van der Waals surface area contributed by atoms with Crippen LogP contribution in [0.2, 0.25) is 0 Å². The van der Waals surface area contributed by atoms with E-state index in [1.165, 1.54) is 4.90 Å². The highest BCUT2D eigenvalue weighted by molar-refractivity contribution is 5.28. The normalized spacial score (nSPS) is 13.8. The van der Waals surface area contributed by atoms with E-state index in [1.807, 2.05) is 38.1 Å². The first kappa shape index (κ1) is 17.0. The summed E-state index contributed by atoms with van der Waals surface area (Å²) in [6, 6.07) is 7.71. The van der Waals surface area contributed by atoms with Gasteiger partial charge in [-0.2, -0.15) is 13.2 Å². The Balaban J connectivity index is 2.81. The quantitative estimate of drug-likeness (QED) is 0.825. The van der Waals surface area contributed by atoms with Crippen molar-refractivity contribution in [3.63, 3.8) is 0 Å². The third-order valence-corrected chi connectivity index (χ3v) is 3.30. The molecule has 0 fully saturated rings. The van der Waals surface area contributed by atoms with Gasteiger partial charge < -0.3 is 5.32 Å². The smallest absolute Gasteiger partial charge is 0.312 e. The van der Waals surface area contributed by atoms with Gasteiger partial charge in [0.05, 0.1) is 6.54 Å². The minimum atomic E-state index is -4.15. The zero-order chi connectivity index (χ0) is 15.2. The van der Waals surface area contributed by atoms with Gasteiger partial charge in [-0.15, -0.1) is 0 Å². The van der Waals surface area contributed by atoms with Crippen LogP contribution in [0, 0.1) is 6.92 Å². The van der Waals surface area contributed by atoms with Crippen molar-refractivity contribution in [2.24, 2.45) is 0 Å². The van der Waals surface area contributed by atoms with Crippen LogP contribution < -0.4 is 5.32 Å². The Morgan fingerprint density at radius 3 is 2.40 bits per heavy atom. The van der Waals surface area contributed by atoms with E-state index in [9.17, 15) is 13.2 Å². The summed E-state index contributed by atoms with van der Waals surface area (Å²) < 4.78 is 37.8. The maximum Gasteiger partial charge on any atom is 0.401 e. The van der Waals surface area contributed by atoms with Crippen molar-refractivity contribution in [2.75, 3.05) is 26.7 Å². The molecule has 0 radical (unpaired) electrons. The van der Waals surface area contributed by atoms with Crippen LogP contribution in [-0.4, -0.2) is 37.8 Å². The van der Waals surface area contributed by atoms with Crippen molar-refractivity contribution in [3.05, 3.63) is 35.4 Å². The highest BCUT2D eigenvalue weighted by Crippen LogP contribution is 2.21. The predicted octanol–water partition coefficient (Wildman–Crippen LogP) is 3.53. The van der Waals surface area contributed by atoms with E-state index < -0.39 is 12.7 Å². The van der Waals surface area contributed by atoms with Gasteiger partial charge in [0.25, 0.3) is 0 Å². The van der Waals surface area contributed by atoms with Crippen LogP contribution in [0.4, 0.5) is 13.2 Å². The third-order valence-electron chi connectivity index (χ3n) is 3.30. The second kappa shape index (κ2) is 7.64. The first-order chi connectivity index (χ1) is 9.37. The molecule has 0 bridgehead atoms. The lowest BCUT2D eigenvalue weighted by Crippen LogP contribution is -2.40. The number of aryl methyl sites for hydroxylation is 1. The molecule has 114 valence electrons. The zero-order valence-electron chi connectivity index (χ0n) is 12.3. The number of hydrogen-bond acceptors (Lipinski definition) is 2. The molecule has 0 spiro atoms. The van der Waals surface area contributed by atoms with Gasteiger partial charge >= 0.3 is 6.18 Å². The number of rotatable bonds is 7. The molecule has 0 heterocycles. The molecule has 1 aromatic carbocycles. The topological polar surface area (TPSA) is 15.3 Å². The summed E-state index contributed by atoms with van der Waals surface area (Å²) in [6.07, 6.45) is -3.44. The SMILES string of the molecule is CCCN(CC(NC)c1ccccc1C)CC(F)(F)F. The van der Waals surface area contributed by atoms with Crippen molar-refractivity contribution in [3.8, 4) is 0 Å². The number of benzene rings is 1. The Morgan fingerprint density at radius 1 is 1.25 bits per heavy atom. The molecule has 0 saturated heterocycles. The monoisotopic (exact) mass is 288 g/mol. The summed E-state index contributed by atoms with van der Waals surface area (Å²) in [5, 5.41) is 3.12. The van der Waals surface area contributed by atoms with Gasteiger partial charge in [0, 0.05) is 12.6 Å². The maximum absolute atomic E-state index is 12.6. The fourth-order valence-corrected chi connectivity index (χ4v) is 2.39. The van der Waals surface area contributed by atoms with Crippen molar-refractivity contribution in [1.82, 2.24) is 10.2 Å². The molecular formula is C15H23F3N2. The highest BCUT2D eigenvalue weighted by atomic mass is 19.4. The van der Waals surface area contributed by atoms with E-state index in [4.69, 9.17) is 0 Å². The lowest BCUT2D eigenvalue weighted by Gasteiger charge is -2.28. The number of likely N-dealkylation sites (N-methyl/N-ethyl adjacent to an activating group) is 1. The number of alkyl halides is 3. The number of hydrogen-bond donors (Lipinski definition) is 1. The largest absolute Gasteiger partial charge is 0.401 e. The van der Waals surface area contributed by atoms with E-state index in [0.29, 0.717) is 19.5 Å². The van der Waals surface area contributed by atoms with Crippen LogP contribution in [0.25, 0.3) is 0 Å². The van der Waals surface area contributed by atoms with Gasteiger partial charge in [-0.1, -0.05) is 31.2 Å². The minimum absolute atomic E-state index is 0.0925. The summed E-state index contributed by atoms with van der Waals surface area (Å²) in [5.41, 5.74) is 2.15. The van der Waals surface area contributed by atoms with Crippen LogP contribution in [0.5, 0.6) is 0 Å². The first-order valence-electron chi connectivity index (χ1n) is 6.89. The average molecular weight is 288 g/mol. The van der Waals surface area contributed by atoms with Crippen molar-refractivity contribution < 1.29 is 13.2 Å². The molecule has 2 nitrogen and oxygen atoms in total. The van der Waals surface area contributed by atoms with Gasteiger partial charge in [0.2, 0.25) is 0 Å². The highest BCUT2D eigenvalue weighted by Gasteiger charge is 2.31. The second-order valence-electron chi connectivity index (χ2n) is 5.05.